The van der Waals surface area contributed by atoms with E-state index in [0.717, 1.165) is 22.4 Å². The van der Waals surface area contributed by atoms with E-state index in [4.69, 9.17) is 19.2 Å². The number of benzene rings is 3. The molecule has 0 fully saturated rings. The van der Waals surface area contributed by atoms with Crippen LogP contribution in [0.4, 0.5) is 0 Å². The molecule has 0 aliphatic carbocycles. The minimum atomic E-state index is -0.765. The number of hydrogen-bond donors (Lipinski definition) is 0. The second-order valence-corrected chi connectivity index (χ2v) is 9.23. The van der Waals surface area contributed by atoms with Crippen LogP contribution in [-0.2, 0) is 9.53 Å². The highest BCUT2D eigenvalue weighted by molar-refractivity contribution is 5.83. The number of carbonyl (C=O) groups excluding carboxylic acids is 1. The Balaban J connectivity index is 1.85. The van der Waals surface area contributed by atoms with Gasteiger partial charge in [-0.1, -0.05) is 38.1 Å². The van der Waals surface area contributed by atoms with E-state index in [1.807, 2.05) is 37.3 Å². The van der Waals surface area contributed by atoms with E-state index < -0.39 is 12.1 Å². The summed E-state index contributed by atoms with van der Waals surface area (Å²) in [5.41, 5.74) is 3.70. The Hall–Kier alpha value is -4.46. The van der Waals surface area contributed by atoms with Crippen LogP contribution in [0.3, 0.4) is 0 Å². The summed E-state index contributed by atoms with van der Waals surface area (Å²) in [6.07, 6.45) is 0.804. The molecule has 0 aliphatic rings. The number of nitrogens with zero attached hydrogens (tertiary/aromatic N) is 3. The van der Waals surface area contributed by atoms with Gasteiger partial charge in [-0.25, -0.2) is 9.78 Å². The number of para-hydroxylation sites is 1. The van der Waals surface area contributed by atoms with Gasteiger partial charge in [0.15, 0.2) is 11.9 Å². The predicted octanol–water partition coefficient (Wildman–Crippen LogP) is 5.33. The van der Waals surface area contributed by atoms with Gasteiger partial charge in [0.2, 0.25) is 0 Å². The van der Waals surface area contributed by atoms with Gasteiger partial charge in [0.1, 0.15) is 11.5 Å². The fourth-order valence-electron chi connectivity index (χ4n) is 4.18. The van der Waals surface area contributed by atoms with Gasteiger partial charge in [0.05, 0.1) is 31.3 Å². The topological polar surface area (TPSA) is 92.0 Å². The number of hydrogen-bond acceptors (Lipinski definition) is 7. The van der Waals surface area contributed by atoms with E-state index in [1.54, 1.807) is 50.6 Å². The van der Waals surface area contributed by atoms with Gasteiger partial charge in [0, 0.05) is 5.56 Å². The molecular weight excluding hydrogens is 482 g/mol. The lowest BCUT2D eigenvalue weighted by Crippen LogP contribution is -2.24. The summed E-state index contributed by atoms with van der Waals surface area (Å²) >= 11 is 0. The Morgan fingerprint density at radius 1 is 1.03 bits per heavy atom. The van der Waals surface area contributed by atoms with Crippen LogP contribution in [0.1, 0.15) is 43.4 Å². The second kappa shape index (κ2) is 11.3. The summed E-state index contributed by atoms with van der Waals surface area (Å²) in [6.45, 7) is 7.75. The number of rotatable bonds is 8. The second-order valence-electron chi connectivity index (χ2n) is 9.23. The first-order valence-electron chi connectivity index (χ1n) is 12.3. The first kappa shape index (κ1) is 26.6. The van der Waals surface area contributed by atoms with Crippen molar-refractivity contribution < 1.29 is 19.0 Å². The maximum absolute atomic E-state index is 13.6. The third-order valence-electron chi connectivity index (χ3n) is 6.22. The molecule has 0 spiro atoms. The first-order valence-corrected chi connectivity index (χ1v) is 12.3. The van der Waals surface area contributed by atoms with Gasteiger partial charge in [-0.15, -0.1) is 0 Å². The van der Waals surface area contributed by atoms with Crippen LogP contribution >= 0.6 is 0 Å². The Bertz CT molecular complexity index is 1570. The molecule has 4 rings (SSSR count). The van der Waals surface area contributed by atoms with Gasteiger partial charge in [0.25, 0.3) is 5.56 Å². The third kappa shape index (κ3) is 5.44. The number of methoxy groups -OCH3 is 2. The smallest absolute Gasteiger partial charge is 0.346 e. The number of ether oxygens (including phenoxy) is 3. The summed E-state index contributed by atoms with van der Waals surface area (Å²) in [5.74, 6) is 1.42. The molecule has 1 aromatic heterocycles. The molecule has 0 aliphatic heterocycles. The zero-order valence-corrected chi connectivity index (χ0v) is 22.4. The average Bonchev–Trinajstić information content (AvgIpc) is 2.91. The van der Waals surface area contributed by atoms with Crippen LogP contribution in [-0.4, -0.2) is 42.2 Å². The van der Waals surface area contributed by atoms with Crippen molar-refractivity contribution in [2.24, 2.45) is 5.10 Å². The molecule has 0 amide bonds. The number of aryl methyl sites for hydroxylation is 1. The highest BCUT2D eigenvalue weighted by Crippen LogP contribution is 2.34. The van der Waals surface area contributed by atoms with Crippen molar-refractivity contribution in [3.8, 4) is 22.9 Å². The van der Waals surface area contributed by atoms with E-state index in [1.165, 1.54) is 11.8 Å². The van der Waals surface area contributed by atoms with Crippen LogP contribution in [0.2, 0.25) is 0 Å². The van der Waals surface area contributed by atoms with Crippen molar-refractivity contribution in [2.45, 2.75) is 39.7 Å². The normalized spacial score (nSPS) is 12.2. The molecule has 196 valence electrons. The fourth-order valence-corrected chi connectivity index (χ4v) is 4.18. The minimum absolute atomic E-state index is 0.198. The highest BCUT2D eigenvalue weighted by Gasteiger charge is 2.18. The van der Waals surface area contributed by atoms with Crippen molar-refractivity contribution in [1.29, 1.82) is 0 Å². The van der Waals surface area contributed by atoms with Crippen molar-refractivity contribution in [3.05, 3.63) is 87.7 Å². The lowest BCUT2D eigenvalue weighted by Gasteiger charge is -2.17. The van der Waals surface area contributed by atoms with Crippen molar-refractivity contribution in [1.82, 2.24) is 9.66 Å². The Morgan fingerprint density at radius 3 is 2.50 bits per heavy atom. The van der Waals surface area contributed by atoms with E-state index >= 15 is 0 Å². The predicted molar refractivity (Wildman–Crippen MR) is 148 cm³/mol. The average molecular weight is 514 g/mol. The molecule has 8 nitrogen and oxygen atoms in total. The number of esters is 1. The fraction of sp³-hybridized carbons (Fsp3) is 0.267. The molecule has 0 saturated heterocycles. The summed E-state index contributed by atoms with van der Waals surface area (Å²) in [4.78, 5) is 30.2. The molecule has 0 saturated carbocycles. The van der Waals surface area contributed by atoms with E-state index in [-0.39, 0.29) is 11.5 Å². The standard InChI is InChI=1S/C30H31N3O5/c1-18(2)24-16-25(19(3)14-27(24)36-5)28-32-26-13-8-7-12-23(26)29(34)33(28)31-17-21-10-9-11-22(15-21)38-20(4)30(35)37-6/h7-18,20H,1-6H3/t20-/m0/s1. The molecule has 1 heterocycles. The zero-order valence-electron chi connectivity index (χ0n) is 22.4. The Kier molecular flexibility index (Phi) is 7.90. The largest absolute Gasteiger partial charge is 0.496 e. The summed E-state index contributed by atoms with van der Waals surface area (Å²) in [6, 6.07) is 18.3. The number of aromatic nitrogens is 2. The molecular formula is C30H31N3O5. The van der Waals surface area contributed by atoms with Crippen LogP contribution in [0.15, 0.2) is 70.6 Å². The number of carbonyl (C=O) groups is 1. The molecule has 3 aromatic carbocycles. The highest BCUT2D eigenvalue weighted by atomic mass is 16.6. The molecule has 0 N–H and O–H groups in total. The first-order chi connectivity index (χ1) is 18.2. The lowest BCUT2D eigenvalue weighted by molar-refractivity contribution is -0.147. The van der Waals surface area contributed by atoms with Crippen LogP contribution in [0.5, 0.6) is 11.5 Å². The molecule has 0 unspecified atom stereocenters. The zero-order chi connectivity index (χ0) is 27.4. The van der Waals surface area contributed by atoms with Crippen LogP contribution in [0.25, 0.3) is 22.3 Å². The van der Waals surface area contributed by atoms with E-state index in [9.17, 15) is 9.59 Å². The molecule has 8 heteroatoms. The molecule has 38 heavy (non-hydrogen) atoms. The van der Waals surface area contributed by atoms with E-state index in [0.29, 0.717) is 28.0 Å². The maximum Gasteiger partial charge on any atom is 0.346 e. The summed E-state index contributed by atoms with van der Waals surface area (Å²) < 4.78 is 17.3. The van der Waals surface area contributed by atoms with Crippen LogP contribution in [0, 0.1) is 6.92 Å². The molecule has 0 bridgehead atoms. The SMILES string of the molecule is COC(=O)[C@H](C)Oc1cccc(C=Nn2c(-c3cc(C(C)C)c(OC)cc3C)nc3ccccc3c2=O)c1. The molecule has 0 radical (unpaired) electrons. The monoisotopic (exact) mass is 513 g/mol. The number of fused-ring (bicyclic) bond motifs is 1. The van der Waals surface area contributed by atoms with Gasteiger partial charge in [-0.2, -0.15) is 9.78 Å². The van der Waals surface area contributed by atoms with Crippen molar-refractivity contribution in [3.63, 3.8) is 0 Å². The maximum atomic E-state index is 13.6. The van der Waals surface area contributed by atoms with Crippen LogP contribution < -0.4 is 15.0 Å². The van der Waals surface area contributed by atoms with Gasteiger partial charge in [-0.05, 0) is 72.9 Å². The Labute approximate surface area is 221 Å². The third-order valence-corrected chi connectivity index (χ3v) is 6.22. The van der Waals surface area contributed by atoms with E-state index in [2.05, 4.69) is 18.9 Å². The lowest BCUT2D eigenvalue weighted by atomic mass is 9.96. The molecule has 1 atom stereocenters. The summed E-state index contributed by atoms with van der Waals surface area (Å²) in [5, 5.41) is 5.04. The summed E-state index contributed by atoms with van der Waals surface area (Å²) in [7, 11) is 2.96. The van der Waals surface area contributed by atoms with Gasteiger partial charge in [-0.3, -0.25) is 4.79 Å². The van der Waals surface area contributed by atoms with Crippen molar-refractivity contribution >= 4 is 23.1 Å². The van der Waals surface area contributed by atoms with Gasteiger partial charge >= 0.3 is 5.97 Å². The minimum Gasteiger partial charge on any atom is -0.496 e. The van der Waals surface area contributed by atoms with Crippen molar-refractivity contribution in [2.75, 3.05) is 14.2 Å². The Morgan fingerprint density at radius 2 is 1.79 bits per heavy atom. The van der Waals surface area contributed by atoms with Gasteiger partial charge < -0.3 is 14.2 Å². The quantitative estimate of drug-likeness (QED) is 0.234. The molecule has 4 aromatic rings.